The summed E-state index contributed by atoms with van der Waals surface area (Å²) in [6.07, 6.45) is 2.80. The van der Waals surface area contributed by atoms with Crippen molar-refractivity contribution in [3.05, 3.63) is 0 Å². The molecule has 1 aliphatic rings. The van der Waals surface area contributed by atoms with Crippen LogP contribution < -0.4 is 0 Å². The molecule has 1 radical (unpaired) electrons. The summed E-state index contributed by atoms with van der Waals surface area (Å²) in [7, 11) is -1.00. The fourth-order valence-corrected chi connectivity index (χ4v) is 18.7. The van der Waals surface area contributed by atoms with E-state index < -0.39 is 8.07 Å². The molecule has 0 saturated carbocycles. The van der Waals surface area contributed by atoms with Gasteiger partial charge in [-0.25, -0.2) is 0 Å². The average molecular weight is 206 g/mol. The molecule has 0 aromatic carbocycles. The first-order chi connectivity index (χ1) is 5.22. The summed E-state index contributed by atoms with van der Waals surface area (Å²) < 4.78 is 0. The van der Waals surface area contributed by atoms with Gasteiger partial charge in [-0.05, 0) is 11.3 Å². The lowest BCUT2D eigenvalue weighted by atomic mass is 10.6. The third-order valence-electron chi connectivity index (χ3n) is 2.69. The molecule has 0 amide bonds. The molecule has 1 aliphatic heterocycles. The zero-order valence-electron chi connectivity index (χ0n) is 7.62. The maximum absolute atomic E-state index is 6.14. The minimum Gasteiger partial charge on any atom is -0.170 e. The molecule has 0 nitrogen and oxygen atoms in total. The summed E-state index contributed by atoms with van der Waals surface area (Å²) in [6.45, 7) is 4.65. The summed E-state index contributed by atoms with van der Waals surface area (Å²) in [4.78, 5) is 0. The number of hydrogen-bond acceptors (Lipinski definition) is 0. The molecular weight excluding hydrogens is 188 g/mol. The lowest BCUT2D eigenvalue weighted by molar-refractivity contribution is 0.961. The highest BCUT2D eigenvalue weighted by atomic mass is 35.6. The fraction of sp³-hybridized carbons (Fsp3) is 1.00. The van der Waals surface area contributed by atoms with Crippen LogP contribution in [0.1, 0.15) is 26.7 Å². The molecule has 1 rings (SSSR count). The van der Waals surface area contributed by atoms with Gasteiger partial charge in [-0.1, -0.05) is 38.8 Å². The molecule has 1 saturated heterocycles. The van der Waals surface area contributed by atoms with E-state index in [2.05, 4.69) is 13.8 Å². The molecule has 11 heavy (non-hydrogen) atoms. The Labute approximate surface area is 77.7 Å². The van der Waals surface area contributed by atoms with E-state index in [0.29, 0.717) is 0 Å². The smallest absolute Gasteiger partial charge is 0.159 e. The predicted octanol–water partition coefficient (Wildman–Crippen LogP) is 3.58. The van der Waals surface area contributed by atoms with Gasteiger partial charge in [0.05, 0.1) is 8.07 Å². The van der Waals surface area contributed by atoms with Crippen LogP contribution in [0.2, 0.25) is 23.4 Å². The van der Waals surface area contributed by atoms with E-state index >= 15 is 0 Å². The van der Waals surface area contributed by atoms with E-state index in [-0.39, 0.29) is 8.11 Å². The van der Waals surface area contributed by atoms with Gasteiger partial charge >= 0.3 is 0 Å². The number of hydrogen-bond donors (Lipinski definition) is 0. The molecule has 1 heterocycles. The second-order valence-corrected chi connectivity index (χ2v) is 13.3. The summed E-state index contributed by atoms with van der Waals surface area (Å²) >= 11 is 6.14. The first-order valence-electron chi connectivity index (χ1n) is 4.72. The molecule has 0 atom stereocenters. The second-order valence-electron chi connectivity index (χ2n) is 3.87. The van der Waals surface area contributed by atoms with Crippen molar-refractivity contribution in [2.24, 2.45) is 0 Å². The predicted molar refractivity (Wildman–Crippen MR) is 57.2 cm³/mol. The standard InChI is InChI=1S/C8H18ClSi2/c1-3-5-11(6-4-2)7-10(9)8-11/h3-8H2,1-2H3. The van der Waals surface area contributed by atoms with Crippen LogP contribution in [-0.2, 0) is 0 Å². The normalized spacial score (nSPS) is 23.2. The molecule has 1 fully saturated rings. The Morgan fingerprint density at radius 2 is 1.64 bits per heavy atom. The van der Waals surface area contributed by atoms with Gasteiger partial charge in [-0.15, -0.1) is 0 Å². The lowest BCUT2D eigenvalue weighted by Crippen LogP contribution is -2.50. The Bertz CT molecular complexity index is 106. The zero-order valence-corrected chi connectivity index (χ0v) is 10.4. The van der Waals surface area contributed by atoms with Crippen LogP contribution in [0.25, 0.3) is 0 Å². The lowest BCUT2D eigenvalue weighted by Gasteiger charge is -2.42. The Balaban J connectivity index is 2.33. The van der Waals surface area contributed by atoms with Crippen LogP contribution in [0.5, 0.6) is 0 Å². The molecule has 0 aromatic rings. The van der Waals surface area contributed by atoms with Crippen LogP contribution in [0.4, 0.5) is 0 Å². The second kappa shape index (κ2) is 4.10. The highest BCUT2D eigenvalue weighted by molar-refractivity contribution is 7.25. The number of rotatable bonds is 4. The Hall–Kier alpha value is 0.724. The maximum atomic E-state index is 6.14. The Morgan fingerprint density at radius 3 is 1.91 bits per heavy atom. The molecule has 65 valence electrons. The van der Waals surface area contributed by atoms with E-state index in [4.69, 9.17) is 11.1 Å². The van der Waals surface area contributed by atoms with E-state index in [9.17, 15) is 0 Å². The van der Waals surface area contributed by atoms with Crippen molar-refractivity contribution in [2.75, 3.05) is 0 Å². The zero-order chi connectivity index (χ0) is 8.32. The first kappa shape index (κ1) is 9.81. The van der Waals surface area contributed by atoms with Crippen molar-refractivity contribution in [1.29, 1.82) is 0 Å². The third kappa shape index (κ3) is 2.33. The van der Waals surface area contributed by atoms with Gasteiger partial charge in [0.25, 0.3) is 0 Å². The van der Waals surface area contributed by atoms with Gasteiger partial charge in [0.2, 0.25) is 0 Å². The third-order valence-corrected chi connectivity index (χ3v) is 17.3. The van der Waals surface area contributed by atoms with Gasteiger partial charge < -0.3 is 0 Å². The molecule has 0 aromatic heterocycles. The molecule has 0 unspecified atom stereocenters. The molecule has 0 spiro atoms. The van der Waals surface area contributed by atoms with Crippen molar-refractivity contribution in [1.82, 2.24) is 0 Å². The first-order valence-corrected chi connectivity index (χ1v) is 10.5. The van der Waals surface area contributed by atoms with Gasteiger partial charge in [0.1, 0.15) is 0 Å². The van der Waals surface area contributed by atoms with Crippen molar-refractivity contribution in [3.63, 3.8) is 0 Å². The monoisotopic (exact) mass is 205 g/mol. The minimum atomic E-state index is -0.693. The largest absolute Gasteiger partial charge is 0.170 e. The van der Waals surface area contributed by atoms with Gasteiger partial charge in [0, 0.05) is 0 Å². The van der Waals surface area contributed by atoms with Crippen molar-refractivity contribution in [2.45, 2.75) is 50.1 Å². The molecule has 3 heteroatoms. The van der Waals surface area contributed by atoms with Gasteiger partial charge in [-0.3, -0.25) is 0 Å². The molecule has 0 aliphatic carbocycles. The minimum absolute atomic E-state index is 0.309. The van der Waals surface area contributed by atoms with Crippen molar-refractivity contribution >= 4 is 27.3 Å². The van der Waals surface area contributed by atoms with E-state index in [1.54, 1.807) is 12.1 Å². The molecule has 0 bridgehead atoms. The summed E-state index contributed by atoms with van der Waals surface area (Å²) in [5, 5.41) is 0. The Morgan fingerprint density at radius 1 is 1.18 bits per heavy atom. The SMILES string of the molecule is CCC[Si]1(CCC)C[Si](Cl)C1. The maximum Gasteiger partial charge on any atom is 0.159 e. The fourth-order valence-electron chi connectivity index (χ4n) is 2.30. The van der Waals surface area contributed by atoms with Gasteiger partial charge in [0.15, 0.2) is 8.11 Å². The summed E-state index contributed by atoms with van der Waals surface area (Å²) in [5.41, 5.74) is 3.03. The highest BCUT2D eigenvalue weighted by Gasteiger charge is 2.44. The molecular formula is C8H18ClSi2. The van der Waals surface area contributed by atoms with E-state index in [0.717, 1.165) is 0 Å². The summed E-state index contributed by atoms with van der Waals surface area (Å²) in [6, 6.07) is 3.11. The highest BCUT2D eigenvalue weighted by Crippen LogP contribution is 2.41. The van der Waals surface area contributed by atoms with E-state index in [1.807, 2.05) is 0 Å². The van der Waals surface area contributed by atoms with Crippen molar-refractivity contribution in [3.8, 4) is 0 Å². The van der Waals surface area contributed by atoms with Crippen LogP contribution in [0.3, 0.4) is 0 Å². The van der Waals surface area contributed by atoms with Crippen LogP contribution >= 0.6 is 11.1 Å². The van der Waals surface area contributed by atoms with Crippen molar-refractivity contribution < 1.29 is 0 Å². The quantitative estimate of drug-likeness (QED) is 0.486. The van der Waals surface area contributed by atoms with E-state index in [1.165, 1.54) is 24.2 Å². The Kier molecular flexibility index (Phi) is 3.66. The molecule has 0 N–H and O–H groups in total. The van der Waals surface area contributed by atoms with Crippen LogP contribution in [0.15, 0.2) is 0 Å². The summed E-state index contributed by atoms with van der Waals surface area (Å²) in [5.74, 6) is 0. The number of halogens is 1. The van der Waals surface area contributed by atoms with Crippen LogP contribution in [0, 0.1) is 0 Å². The average Bonchev–Trinajstić information content (AvgIpc) is 1.86. The van der Waals surface area contributed by atoms with Gasteiger partial charge in [-0.2, -0.15) is 11.1 Å². The van der Waals surface area contributed by atoms with Crippen LogP contribution in [-0.4, -0.2) is 16.2 Å². The topological polar surface area (TPSA) is 0 Å².